The number of thiophene rings is 1. The van der Waals surface area contributed by atoms with Crippen LogP contribution >= 0.6 is 11.3 Å². The highest BCUT2D eigenvalue weighted by Gasteiger charge is 2.31. The number of anilines is 2. The van der Waals surface area contributed by atoms with Gasteiger partial charge in [-0.2, -0.15) is 0 Å². The Bertz CT molecular complexity index is 648. The molecule has 0 bridgehead atoms. The Balaban J connectivity index is 2.12. The number of carbonyl (C=O) groups is 1. The third-order valence-corrected chi connectivity index (χ3v) is 3.57. The predicted octanol–water partition coefficient (Wildman–Crippen LogP) is 3.79. The highest BCUT2D eigenvalue weighted by atomic mass is 32.1. The topological polar surface area (TPSA) is 64.3 Å². The lowest BCUT2D eigenvalue weighted by atomic mass is 10.3. The first kappa shape index (κ1) is 15.2. The maximum atomic E-state index is 12.1. The number of alkyl halides is 3. The van der Waals surface area contributed by atoms with Crippen LogP contribution in [0.4, 0.5) is 24.5 Å². The van der Waals surface area contributed by atoms with Gasteiger partial charge in [-0.15, -0.1) is 24.5 Å². The van der Waals surface area contributed by atoms with Gasteiger partial charge in [-0.25, -0.2) is 0 Å². The smallest absolute Gasteiger partial charge is 0.406 e. The fraction of sp³-hybridized carbons (Fsp3) is 0.154. The molecule has 0 aliphatic rings. The molecule has 21 heavy (non-hydrogen) atoms. The van der Waals surface area contributed by atoms with Crippen molar-refractivity contribution in [1.82, 2.24) is 0 Å². The van der Waals surface area contributed by atoms with Crippen LogP contribution in [0.5, 0.6) is 5.75 Å². The number of nitrogens with one attached hydrogen (secondary N) is 1. The van der Waals surface area contributed by atoms with Crippen LogP contribution in [0.2, 0.25) is 0 Å². The predicted molar refractivity (Wildman–Crippen MR) is 74.5 cm³/mol. The Morgan fingerprint density at radius 3 is 2.62 bits per heavy atom. The van der Waals surface area contributed by atoms with Gasteiger partial charge in [0.05, 0.1) is 4.88 Å². The number of rotatable bonds is 3. The van der Waals surface area contributed by atoms with E-state index in [1.54, 1.807) is 6.92 Å². The largest absolute Gasteiger partial charge is 0.573 e. The molecular formula is C13H11F3N2O2S. The Morgan fingerprint density at radius 2 is 2.05 bits per heavy atom. The molecule has 0 saturated heterocycles. The van der Waals surface area contributed by atoms with Gasteiger partial charge in [0, 0.05) is 22.3 Å². The Kier molecular flexibility index (Phi) is 4.08. The van der Waals surface area contributed by atoms with Crippen LogP contribution in [0, 0.1) is 6.92 Å². The molecule has 0 saturated carbocycles. The lowest BCUT2D eigenvalue weighted by Gasteiger charge is -2.10. The summed E-state index contributed by atoms with van der Waals surface area (Å²) in [7, 11) is 0. The molecule has 8 heteroatoms. The summed E-state index contributed by atoms with van der Waals surface area (Å²) in [6, 6.07) is 6.58. The molecule has 0 atom stereocenters. The lowest BCUT2D eigenvalue weighted by molar-refractivity contribution is -0.274. The number of benzene rings is 1. The molecule has 3 N–H and O–H groups in total. The molecule has 2 aromatic rings. The molecule has 1 aromatic heterocycles. The van der Waals surface area contributed by atoms with Gasteiger partial charge in [0.15, 0.2) is 0 Å². The van der Waals surface area contributed by atoms with E-state index >= 15 is 0 Å². The van der Waals surface area contributed by atoms with Gasteiger partial charge in [-0.3, -0.25) is 4.79 Å². The van der Waals surface area contributed by atoms with Gasteiger partial charge < -0.3 is 15.8 Å². The maximum absolute atomic E-state index is 12.1. The average molecular weight is 316 g/mol. The number of hydrogen-bond acceptors (Lipinski definition) is 4. The van der Waals surface area contributed by atoms with Crippen molar-refractivity contribution in [1.29, 1.82) is 0 Å². The molecule has 4 nitrogen and oxygen atoms in total. The van der Waals surface area contributed by atoms with Crippen LogP contribution in [-0.4, -0.2) is 12.3 Å². The van der Waals surface area contributed by atoms with E-state index < -0.39 is 18.0 Å². The van der Waals surface area contributed by atoms with Crippen molar-refractivity contribution in [3.05, 3.63) is 40.1 Å². The number of amides is 1. The lowest BCUT2D eigenvalue weighted by Crippen LogP contribution is -2.17. The van der Waals surface area contributed by atoms with Crippen molar-refractivity contribution < 1.29 is 22.7 Å². The molecule has 0 spiro atoms. The number of nitrogens with two attached hydrogens (primary N) is 1. The quantitative estimate of drug-likeness (QED) is 0.905. The summed E-state index contributed by atoms with van der Waals surface area (Å²) in [6.07, 6.45) is -4.78. The summed E-state index contributed by atoms with van der Waals surface area (Å²) >= 11 is 1.21. The molecular weight excluding hydrogens is 305 g/mol. The second-order valence-electron chi connectivity index (χ2n) is 4.15. The van der Waals surface area contributed by atoms with Gasteiger partial charge in [0.2, 0.25) is 0 Å². The van der Waals surface area contributed by atoms with Gasteiger partial charge in [0.25, 0.3) is 5.91 Å². The van der Waals surface area contributed by atoms with E-state index in [0.717, 1.165) is 17.0 Å². The highest BCUT2D eigenvalue weighted by molar-refractivity contribution is 7.14. The van der Waals surface area contributed by atoms with E-state index in [2.05, 4.69) is 10.1 Å². The minimum Gasteiger partial charge on any atom is -0.406 e. The van der Waals surface area contributed by atoms with Crippen LogP contribution in [0.25, 0.3) is 0 Å². The van der Waals surface area contributed by atoms with E-state index in [1.807, 2.05) is 0 Å². The van der Waals surface area contributed by atoms with Crippen molar-refractivity contribution in [2.75, 3.05) is 11.1 Å². The van der Waals surface area contributed by atoms with Gasteiger partial charge in [0.1, 0.15) is 5.75 Å². The summed E-state index contributed by atoms with van der Waals surface area (Å²) in [6.45, 7) is 1.77. The second kappa shape index (κ2) is 5.65. The Hall–Kier alpha value is -2.22. The van der Waals surface area contributed by atoms with Crippen molar-refractivity contribution in [3.8, 4) is 5.75 Å². The van der Waals surface area contributed by atoms with Crippen molar-refractivity contribution in [3.63, 3.8) is 0 Å². The Labute approximate surface area is 122 Å². The maximum Gasteiger partial charge on any atom is 0.573 e. The van der Waals surface area contributed by atoms with Gasteiger partial charge >= 0.3 is 6.36 Å². The molecule has 0 aliphatic carbocycles. The van der Waals surface area contributed by atoms with Crippen LogP contribution in [-0.2, 0) is 0 Å². The minimum absolute atomic E-state index is 0.200. The number of aryl methyl sites for hydroxylation is 1. The van der Waals surface area contributed by atoms with Crippen LogP contribution < -0.4 is 15.8 Å². The van der Waals surface area contributed by atoms with Crippen molar-refractivity contribution in [2.45, 2.75) is 13.3 Å². The zero-order chi connectivity index (χ0) is 15.6. The molecule has 1 aromatic carbocycles. The van der Waals surface area contributed by atoms with E-state index in [9.17, 15) is 18.0 Å². The Morgan fingerprint density at radius 1 is 1.33 bits per heavy atom. The van der Waals surface area contributed by atoms with E-state index in [0.29, 0.717) is 10.6 Å². The molecule has 1 amide bonds. The first-order valence-corrected chi connectivity index (χ1v) is 6.59. The summed E-state index contributed by atoms with van der Waals surface area (Å²) in [5.41, 5.74) is 6.35. The van der Waals surface area contributed by atoms with Crippen LogP contribution in [0.1, 0.15) is 14.5 Å². The normalized spacial score (nSPS) is 11.2. The second-order valence-corrected chi connectivity index (χ2v) is 5.41. The molecule has 2 rings (SSSR count). The highest BCUT2D eigenvalue weighted by Crippen LogP contribution is 2.27. The van der Waals surface area contributed by atoms with Gasteiger partial charge in [-0.05, 0) is 25.1 Å². The summed E-state index contributed by atoms with van der Waals surface area (Å²) in [5.74, 6) is -0.842. The number of halogens is 3. The molecule has 1 heterocycles. The monoisotopic (exact) mass is 316 g/mol. The third-order valence-electron chi connectivity index (χ3n) is 2.51. The fourth-order valence-electron chi connectivity index (χ4n) is 1.57. The SMILES string of the molecule is Cc1sc(C(=O)Nc2cccc(OC(F)(F)F)c2)cc1N. The van der Waals surface area contributed by atoms with E-state index in [-0.39, 0.29) is 5.69 Å². The van der Waals surface area contributed by atoms with Crippen LogP contribution in [0.15, 0.2) is 30.3 Å². The number of hydrogen-bond donors (Lipinski definition) is 2. The summed E-state index contributed by atoms with van der Waals surface area (Å²) in [4.78, 5) is 13.1. The standard InChI is InChI=1S/C13H11F3N2O2S/c1-7-10(17)6-11(21-7)12(19)18-8-3-2-4-9(5-8)20-13(14,15)16/h2-6H,17H2,1H3,(H,18,19). The molecule has 0 radical (unpaired) electrons. The number of nitrogen functional groups attached to an aromatic ring is 1. The summed E-state index contributed by atoms with van der Waals surface area (Å²) < 4.78 is 40.2. The molecule has 0 fully saturated rings. The first-order valence-electron chi connectivity index (χ1n) is 5.77. The molecule has 112 valence electrons. The van der Waals surface area contributed by atoms with Crippen molar-refractivity contribution >= 4 is 28.6 Å². The zero-order valence-electron chi connectivity index (χ0n) is 10.8. The molecule has 0 unspecified atom stereocenters. The van der Waals surface area contributed by atoms with E-state index in [1.165, 1.54) is 29.5 Å². The van der Waals surface area contributed by atoms with E-state index in [4.69, 9.17) is 5.73 Å². The molecule has 0 aliphatic heterocycles. The van der Waals surface area contributed by atoms with Crippen LogP contribution in [0.3, 0.4) is 0 Å². The number of carbonyl (C=O) groups excluding carboxylic acids is 1. The number of ether oxygens (including phenoxy) is 1. The van der Waals surface area contributed by atoms with Gasteiger partial charge in [-0.1, -0.05) is 6.07 Å². The average Bonchev–Trinajstić information content (AvgIpc) is 2.68. The fourth-order valence-corrected chi connectivity index (χ4v) is 2.41. The van der Waals surface area contributed by atoms with Crippen molar-refractivity contribution in [2.24, 2.45) is 0 Å². The minimum atomic E-state index is -4.78. The third kappa shape index (κ3) is 4.12. The summed E-state index contributed by atoms with van der Waals surface area (Å²) in [5, 5.41) is 2.49. The first-order chi connectivity index (χ1) is 9.74. The zero-order valence-corrected chi connectivity index (χ0v) is 11.6.